The quantitative estimate of drug-likeness (QED) is 0.779. The van der Waals surface area contributed by atoms with Gasteiger partial charge in [-0.25, -0.2) is 9.18 Å². The summed E-state index contributed by atoms with van der Waals surface area (Å²) in [4.78, 5) is 20.5. The molecule has 2 aromatic rings. The van der Waals surface area contributed by atoms with Crippen LogP contribution in [0.15, 0.2) is 30.6 Å². The Morgan fingerprint density at radius 3 is 2.75 bits per heavy atom. The van der Waals surface area contributed by atoms with Crippen LogP contribution in [0.2, 0.25) is 10.0 Å². The Labute approximate surface area is 172 Å². The number of nitrogens with zero attached hydrogens (tertiary/aromatic N) is 3. The number of aliphatic hydroxyl groups is 1. The number of aliphatic hydroxyl groups excluding tert-OH is 1. The van der Waals surface area contributed by atoms with Crippen LogP contribution in [0.3, 0.4) is 0 Å². The van der Waals surface area contributed by atoms with Crippen LogP contribution in [0.25, 0.3) is 0 Å². The van der Waals surface area contributed by atoms with Gasteiger partial charge in [0.05, 0.1) is 15.7 Å². The molecule has 2 heterocycles. The molecular weight excluding hydrogens is 406 g/mol. The number of benzene rings is 1. The van der Waals surface area contributed by atoms with Gasteiger partial charge in [-0.15, -0.1) is 0 Å². The van der Waals surface area contributed by atoms with Crippen molar-refractivity contribution in [1.82, 2.24) is 9.88 Å². The summed E-state index contributed by atoms with van der Waals surface area (Å²) in [6.07, 6.45) is 4.53. The summed E-state index contributed by atoms with van der Waals surface area (Å²) >= 11 is 12.1. The second-order valence-corrected chi connectivity index (χ2v) is 7.30. The number of halogens is 3. The molecule has 0 atom stereocenters. The van der Waals surface area contributed by atoms with Crippen molar-refractivity contribution in [2.24, 2.45) is 0 Å². The standard InChI is InChI=1S/C19H21Cl2FN4O2/c20-15-10-14(2-3-17(15)22)24-19(28)26-6-1-5-25(7-8-26)18-13(4-9-27)11-23-12-16(18)21/h2-3,10-12,27H,1,4-9H2,(H,24,28). The minimum Gasteiger partial charge on any atom is -0.396 e. The first kappa shape index (κ1) is 20.6. The molecule has 2 N–H and O–H groups in total. The lowest BCUT2D eigenvalue weighted by molar-refractivity contribution is 0.215. The predicted octanol–water partition coefficient (Wildman–Crippen LogP) is 3.81. The van der Waals surface area contributed by atoms with E-state index >= 15 is 0 Å². The lowest BCUT2D eigenvalue weighted by Gasteiger charge is -2.26. The average Bonchev–Trinajstić information content (AvgIpc) is 2.91. The highest BCUT2D eigenvalue weighted by Gasteiger charge is 2.22. The molecule has 1 aliphatic rings. The molecule has 1 saturated heterocycles. The van der Waals surface area contributed by atoms with E-state index in [1.807, 2.05) is 0 Å². The van der Waals surface area contributed by atoms with Gasteiger partial charge in [0.2, 0.25) is 0 Å². The Morgan fingerprint density at radius 2 is 2.00 bits per heavy atom. The molecule has 2 amide bonds. The summed E-state index contributed by atoms with van der Waals surface area (Å²) < 4.78 is 13.3. The first-order valence-electron chi connectivity index (χ1n) is 8.98. The molecule has 0 radical (unpaired) electrons. The topological polar surface area (TPSA) is 68.7 Å². The number of carbonyl (C=O) groups excluding carboxylic acids is 1. The monoisotopic (exact) mass is 426 g/mol. The second kappa shape index (κ2) is 9.41. The number of nitrogens with one attached hydrogen (secondary N) is 1. The van der Waals surface area contributed by atoms with Gasteiger partial charge in [-0.05, 0) is 36.6 Å². The molecule has 0 spiro atoms. The fourth-order valence-electron chi connectivity index (χ4n) is 3.25. The number of aromatic nitrogens is 1. The third kappa shape index (κ3) is 4.84. The van der Waals surface area contributed by atoms with Gasteiger partial charge in [0.15, 0.2) is 0 Å². The average molecular weight is 427 g/mol. The van der Waals surface area contributed by atoms with E-state index in [9.17, 15) is 14.3 Å². The zero-order valence-corrected chi connectivity index (χ0v) is 16.7. The number of amides is 2. The molecule has 150 valence electrons. The Balaban J connectivity index is 1.68. The summed E-state index contributed by atoms with van der Waals surface area (Å²) in [5.74, 6) is -0.530. The molecule has 1 aliphatic heterocycles. The van der Waals surface area contributed by atoms with Crippen LogP contribution in [0.5, 0.6) is 0 Å². The van der Waals surface area contributed by atoms with Gasteiger partial charge in [0, 0.05) is 50.9 Å². The number of anilines is 2. The van der Waals surface area contributed by atoms with Gasteiger partial charge >= 0.3 is 6.03 Å². The predicted molar refractivity (Wildman–Crippen MR) is 109 cm³/mol. The molecule has 28 heavy (non-hydrogen) atoms. The Bertz CT molecular complexity index is 853. The van der Waals surface area contributed by atoms with E-state index < -0.39 is 5.82 Å². The fraction of sp³-hybridized carbons (Fsp3) is 0.368. The molecule has 9 heteroatoms. The SMILES string of the molecule is O=C(Nc1ccc(F)c(Cl)c1)N1CCCN(c2c(Cl)cncc2CCO)CC1. The largest absolute Gasteiger partial charge is 0.396 e. The smallest absolute Gasteiger partial charge is 0.321 e. The van der Waals surface area contributed by atoms with E-state index in [0.717, 1.165) is 24.2 Å². The first-order chi connectivity index (χ1) is 13.5. The molecule has 1 aromatic carbocycles. The van der Waals surface area contributed by atoms with Crippen molar-refractivity contribution in [3.05, 3.63) is 52.0 Å². The normalized spacial score (nSPS) is 14.7. The molecule has 0 bridgehead atoms. The third-order valence-corrected chi connectivity index (χ3v) is 5.17. The maximum atomic E-state index is 13.3. The molecule has 3 rings (SSSR count). The summed E-state index contributed by atoms with van der Waals surface area (Å²) in [5, 5.41) is 12.5. The second-order valence-electron chi connectivity index (χ2n) is 6.49. The molecule has 0 unspecified atom stereocenters. The van der Waals surface area contributed by atoms with Crippen molar-refractivity contribution in [1.29, 1.82) is 0 Å². The van der Waals surface area contributed by atoms with E-state index in [0.29, 0.717) is 36.8 Å². The highest BCUT2D eigenvalue weighted by molar-refractivity contribution is 6.33. The fourth-order valence-corrected chi connectivity index (χ4v) is 3.72. The van der Waals surface area contributed by atoms with Crippen LogP contribution >= 0.6 is 23.2 Å². The van der Waals surface area contributed by atoms with E-state index in [1.165, 1.54) is 18.2 Å². The van der Waals surface area contributed by atoms with Crippen molar-refractivity contribution >= 4 is 40.6 Å². The van der Waals surface area contributed by atoms with Crippen molar-refractivity contribution in [2.75, 3.05) is 43.0 Å². The van der Waals surface area contributed by atoms with E-state index in [-0.39, 0.29) is 17.7 Å². The maximum Gasteiger partial charge on any atom is 0.321 e. The summed E-state index contributed by atoms with van der Waals surface area (Å²) in [6.45, 7) is 2.42. The van der Waals surface area contributed by atoms with E-state index in [1.54, 1.807) is 17.3 Å². The van der Waals surface area contributed by atoms with Crippen molar-refractivity contribution in [3.8, 4) is 0 Å². The van der Waals surface area contributed by atoms with Gasteiger partial charge in [-0.2, -0.15) is 0 Å². The number of pyridine rings is 1. The number of hydrogen-bond donors (Lipinski definition) is 2. The number of rotatable bonds is 4. The van der Waals surface area contributed by atoms with Gasteiger partial charge in [0.25, 0.3) is 0 Å². The minimum absolute atomic E-state index is 0.0115. The summed E-state index contributed by atoms with van der Waals surface area (Å²) in [6, 6.07) is 3.81. The highest BCUT2D eigenvalue weighted by atomic mass is 35.5. The van der Waals surface area contributed by atoms with Crippen molar-refractivity contribution in [2.45, 2.75) is 12.8 Å². The number of carbonyl (C=O) groups is 1. The molecule has 1 aromatic heterocycles. The van der Waals surface area contributed by atoms with Gasteiger partial charge in [-0.3, -0.25) is 4.98 Å². The van der Waals surface area contributed by atoms with E-state index in [4.69, 9.17) is 23.2 Å². The number of hydrogen-bond acceptors (Lipinski definition) is 4. The van der Waals surface area contributed by atoms with Crippen LogP contribution in [-0.2, 0) is 6.42 Å². The van der Waals surface area contributed by atoms with Crippen LogP contribution in [0.1, 0.15) is 12.0 Å². The zero-order chi connectivity index (χ0) is 20.1. The third-order valence-electron chi connectivity index (χ3n) is 4.60. The van der Waals surface area contributed by atoms with Gasteiger partial charge in [-0.1, -0.05) is 23.2 Å². The number of urea groups is 1. The van der Waals surface area contributed by atoms with Gasteiger partial charge < -0.3 is 20.2 Å². The molecule has 0 aliphatic carbocycles. The first-order valence-corrected chi connectivity index (χ1v) is 9.74. The lowest BCUT2D eigenvalue weighted by Crippen LogP contribution is -2.38. The van der Waals surface area contributed by atoms with Crippen LogP contribution in [0.4, 0.5) is 20.6 Å². The minimum atomic E-state index is -0.530. The maximum absolute atomic E-state index is 13.3. The van der Waals surface area contributed by atoms with Crippen LogP contribution in [-0.4, -0.2) is 53.8 Å². The molecule has 0 saturated carbocycles. The molecule has 1 fully saturated rings. The highest BCUT2D eigenvalue weighted by Crippen LogP contribution is 2.30. The van der Waals surface area contributed by atoms with Gasteiger partial charge in [0.1, 0.15) is 5.82 Å². The van der Waals surface area contributed by atoms with Crippen LogP contribution < -0.4 is 10.2 Å². The summed E-state index contributed by atoms with van der Waals surface area (Å²) in [7, 11) is 0. The molecule has 6 nitrogen and oxygen atoms in total. The van der Waals surface area contributed by atoms with Crippen molar-refractivity contribution < 1.29 is 14.3 Å². The molecular formula is C19H21Cl2FN4O2. The van der Waals surface area contributed by atoms with E-state index in [2.05, 4.69) is 15.2 Å². The summed E-state index contributed by atoms with van der Waals surface area (Å²) in [5.41, 5.74) is 2.19. The zero-order valence-electron chi connectivity index (χ0n) is 15.2. The van der Waals surface area contributed by atoms with Crippen molar-refractivity contribution in [3.63, 3.8) is 0 Å². The lowest BCUT2D eigenvalue weighted by atomic mass is 10.1. The Morgan fingerprint density at radius 1 is 1.18 bits per heavy atom. The Hall–Kier alpha value is -2.09. The Kier molecular flexibility index (Phi) is 6.93. The van der Waals surface area contributed by atoms with Crippen LogP contribution in [0, 0.1) is 5.82 Å².